The number of anilines is 2. The Kier molecular flexibility index (Phi) is 3.79. The van der Waals surface area contributed by atoms with Gasteiger partial charge in [0.15, 0.2) is 11.5 Å². The second kappa shape index (κ2) is 5.99. The number of hydrogen-bond acceptors (Lipinski definition) is 4. The van der Waals surface area contributed by atoms with Gasteiger partial charge in [0.05, 0.1) is 0 Å². The van der Waals surface area contributed by atoms with Crippen molar-refractivity contribution >= 4 is 17.3 Å². The number of hydrogen-bond donors (Lipinski definition) is 1. The Morgan fingerprint density at radius 2 is 1.68 bits per heavy atom. The van der Waals surface area contributed by atoms with Gasteiger partial charge >= 0.3 is 0 Å². The van der Waals surface area contributed by atoms with Crippen LogP contribution in [0.15, 0.2) is 42.5 Å². The molecule has 0 unspecified atom stereocenters. The summed E-state index contributed by atoms with van der Waals surface area (Å²) in [6.07, 6.45) is 4.09. The molecule has 0 bridgehead atoms. The van der Waals surface area contributed by atoms with E-state index in [4.69, 9.17) is 9.47 Å². The SMILES string of the molecule is CN(C)c1ccc(C(=O)Nc2ccc3c(c2)OC2(CCCC2)O3)cc1. The highest BCUT2D eigenvalue weighted by Crippen LogP contribution is 2.47. The van der Waals surface area contributed by atoms with E-state index in [0.717, 1.165) is 37.1 Å². The molecule has 1 spiro atoms. The minimum Gasteiger partial charge on any atom is -0.448 e. The summed E-state index contributed by atoms with van der Waals surface area (Å²) >= 11 is 0. The smallest absolute Gasteiger partial charge is 0.255 e. The monoisotopic (exact) mass is 338 g/mol. The molecule has 1 aliphatic carbocycles. The van der Waals surface area contributed by atoms with Crippen molar-refractivity contribution in [2.75, 3.05) is 24.3 Å². The van der Waals surface area contributed by atoms with Crippen molar-refractivity contribution in [2.45, 2.75) is 31.5 Å². The van der Waals surface area contributed by atoms with Crippen LogP contribution in [-0.4, -0.2) is 25.8 Å². The first kappa shape index (κ1) is 15.8. The Bertz CT molecular complexity index is 793. The van der Waals surface area contributed by atoms with Gasteiger partial charge in [0.25, 0.3) is 11.7 Å². The second-order valence-electron chi connectivity index (χ2n) is 6.88. The molecule has 0 radical (unpaired) electrons. The second-order valence-corrected chi connectivity index (χ2v) is 6.88. The normalized spacial score (nSPS) is 16.9. The molecule has 5 nitrogen and oxygen atoms in total. The predicted octanol–water partition coefficient (Wildman–Crippen LogP) is 4.05. The van der Waals surface area contributed by atoms with Crippen molar-refractivity contribution < 1.29 is 14.3 Å². The molecule has 1 heterocycles. The highest BCUT2D eigenvalue weighted by Gasteiger charge is 2.44. The lowest BCUT2D eigenvalue weighted by Gasteiger charge is -2.21. The van der Waals surface area contributed by atoms with Crippen LogP contribution in [-0.2, 0) is 0 Å². The Balaban J connectivity index is 1.48. The number of rotatable bonds is 3. The molecule has 2 aliphatic rings. The van der Waals surface area contributed by atoms with Crippen molar-refractivity contribution in [3.63, 3.8) is 0 Å². The Morgan fingerprint density at radius 1 is 1.00 bits per heavy atom. The van der Waals surface area contributed by atoms with Crippen LogP contribution in [0.4, 0.5) is 11.4 Å². The first-order valence-corrected chi connectivity index (χ1v) is 8.66. The third-order valence-corrected chi connectivity index (χ3v) is 4.80. The fourth-order valence-corrected chi connectivity index (χ4v) is 3.40. The summed E-state index contributed by atoms with van der Waals surface area (Å²) in [7, 11) is 3.94. The third kappa shape index (κ3) is 3.02. The van der Waals surface area contributed by atoms with Gasteiger partial charge in [0.2, 0.25) is 0 Å². The first-order chi connectivity index (χ1) is 12.0. The lowest BCUT2D eigenvalue weighted by atomic mass is 10.2. The molecule has 1 fully saturated rings. The summed E-state index contributed by atoms with van der Waals surface area (Å²) in [6, 6.07) is 13.1. The topological polar surface area (TPSA) is 50.8 Å². The van der Waals surface area contributed by atoms with Gasteiger partial charge in [-0.05, 0) is 49.2 Å². The minimum absolute atomic E-state index is 0.139. The van der Waals surface area contributed by atoms with Crippen LogP contribution in [0.1, 0.15) is 36.0 Å². The molecule has 130 valence electrons. The van der Waals surface area contributed by atoms with Crippen LogP contribution < -0.4 is 19.7 Å². The van der Waals surface area contributed by atoms with Crippen LogP contribution in [0.5, 0.6) is 11.5 Å². The maximum atomic E-state index is 12.4. The molecule has 1 saturated carbocycles. The van der Waals surface area contributed by atoms with Crippen LogP contribution in [0.2, 0.25) is 0 Å². The molecule has 1 aliphatic heterocycles. The molecule has 25 heavy (non-hydrogen) atoms. The van der Waals surface area contributed by atoms with E-state index in [2.05, 4.69) is 5.32 Å². The zero-order valence-electron chi connectivity index (χ0n) is 14.5. The molecule has 2 aromatic carbocycles. The fraction of sp³-hybridized carbons (Fsp3) is 0.350. The molecule has 2 aromatic rings. The zero-order chi connectivity index (χ0) is 17.4. The van der Waals surface area contributed by atoms with E-state index in [-0.39, 0.29) is 5.91 Å². The predicted molar refractivity (Wildman–Crippen MR) is 97.6 cm³/mol. The molecular weight excluding hydrogens is 316 g/mol. The van der Waals surface area contributed by atoms with Gasteiger partial charge in [-0.2, -0.15) is 0 Å². The first-order valence-electron chi connectivity index (χ1n) is 8.66. The summed E-state index contributed by atoms with van der Waals surface area (Å²) in [4.78, 5) is 14.4. The number of carbonyl (C=O) groups is 1. The van der Waals surface area contributed by atoms with Crippen molar-refractivity contribution in [1.82, 2.24) is 0 Å². The average Bonchev–Trinajstić information content (AvgIpc) is 3.20. The van der Waals surface area contributed by atoms with Gasteiger partial charge in [0, 0.05) is 49.9 Å². The lowest BCUT2D eigenvalue weighted by molar-refractivity contribution is -0.0716. The number of fused-ring (bicyclic) bond motifs is 1. The van der Waals surface area contributed by atoms with Crippen molar-refractivity contribution in [3.05, 3.63) is 48.0 Å². The summed E-state index contributed by atoms with van der Waals surface area (Å²) in [6.45, 7) is 0. The van der Waals surface area contributed by atoms with E-state index < -0.39 is 5.79 Å². The maximum Gasteiger partial charge on any atom is 0.255 e. The fourth-order valence-electron chi connectivity index (χ4n) is 3.40. The van der Waals surface area contributed by atoms with Gasteiger partial charge in [-0.3, -0.25) is 4.79 Å². The van der Waals surface area contributed by atoms with E-state index in [0.29, 0.717) is 17.0 Å². The molecule has 0 saturated heterocycles. The Morgan fingerprint density at radius 3 is 2.36 bits per heavy atom. The summed E-state index contributed by atoms with van der Waals surface area (Å²) < 4.78 is 12.0. The minimum atomic E-state index is -0.479. The van der Waals surface area contributed by atoms with E-state index in [1.54, 1.807) is 0 Å². The molecule has 0 atom stereocenters. The van der Waals surface area contributed by atoms with Gasteiger partial charge in [0.1, 0.15) is 0 Å². The van der Waals surface area contributed by atoms with Gasteiger partial charge in [-0.1, -0.05) is 0 Å². The maximum absolute atomic E-state index is 12.4. The van der Waals surface area contributed by atoms with Crippen LogP contribution in [0.3, 0.4) is 0 Å². The number of amides is 1. The number of ether oxygens (including phenoxy) is 2. The van der Waals surface area contributed by atoms with Crippen LogP contribution in [0, 0.1) is 0 Å². The highest BCUT2D eigenvalue weighted by molar-refractivity contribution is 6.04. The van der Waals surface area contributed by atoms with Crippen molar-refractivity contribution in [2.24, 2.45) is 0 Å². The third-order valence-electron chi connectivity index (χ3n) is 4.80. The molecular formula is C20H22N2O3. The van der Waals surface area contributed by atoms with Gasteiger partial charge in [-0.25, -0.2) is 0 Å². The number of benzene rings is 2. The summed E-state index contributed by atoms with van der Waals surface area (Å²) in [5.41, 5.74) is 2.39. The summed E-state index contributed by atoms with van der Waals surface area (Å²) in [5.74, 6) is 0.852. The van der Waals surface area contributed by atoms with Gasteiger partial charge < -0.3 is 19.7 Å². The largest absolute Gasteiger partial charge is 0.448 e. The number of nitrogens with zero attached hydrogens (tertiary/aromatic N) is 1. The summed E-state index contributed by atoms with van der Waals surface area (Å²) in [5, 5.41) is 2.93. The molecule has 5 heteroatoms. The van der Waals surface area contributed by atoms with E-state index in [1.807, 2.05) is 61.5 Å². The van der Waals surface area contributed by atoms with Crippen molar-refractivity contribution in [3.8, 4) is 11.5 Å². The zero-order valence-corrected chi connectivity index (χ0v) is 14.5. The molecule has 0 aromatic heterocycles. The van der Waals surface area contributed by atoms with Crippen molar-refractivity contribution in [1.29, 1.82) is 0 Å². The lowest BCUT2D eigenvalue weighted by Crippen LogP contribution is -2.34. The van der Waals surface area contributed by atoms with Crippen LogP contribution >= 0.6 is 0 Å². The molecule has 4 rings (SSSR count). The highest BCUT2D eigenvalue weighted by atomic mass is 16.7. The standard InChI is InChI=1S/C20H22N2O3/c1-22(2)16-8-5-14(6-9-16)19(23)21-15-7-10-17-18(13-15)25-20(24-17)11-3-4-12-20/h5-10,13H,3-4,11-12H2,1-2H3,(H,21,23). The average molecular weight is 338 g/mol. The van der Waals surface area contributed by atoms with Crippen LogP contribution in [0.25, 0.3) is 0 Å². The Labute approximate surface area is 147 Å². The van der Waals surface area contributed by atoms with E-state index >= 15 is 0 Å². The Hall–Kier alpha value is -2.69. The number of nitrogens with one attached hydrogen (secondary N) is 1. The molecule has 1 N–H and O–H groups in total. The number of carbonyl (C=O) groups excluding carboxylic acids is 1. The van der Waals surface area contributed by atoms with E-state index in [9.17, 15) is 4.79 Å². The van der Waals surface area contributed by atoms with Gasteiger partial charge in [-0.15, -0.1) is 0 Å². The quantitative estimate of drug-likeness (QED) is 0.917. The van der Waals surface area contributed by atoms with E-state index in [1.165, 1.54) is 0 Å². The molecule has 1 amide bonds.